The molecule has 0 bridgehead atoms. The Morgan fingerprint density at radius 2 is 1.59 bits per heavy atom. The molecule has 29 heavy (non-hydrogen) atoms. The van der Waals surface area contributed by atoms with E-state index in [4.69, 9.17) is 0 Å². The van der Waals surface area contributed by atoms with Crippen LogP contribution < -0.4 is 15.8 Å². The Morgan fingerprint density at radius 1 is 0.897 bits per heavy atom. The second-order valence-corrected chi connectivity index (χ2v) is 7.00. The molecule has 1 aromatic heterocycles. The Hall–Kier alpha value is -3.61. The van der Waals surface area contributed by atoms with E-state index in [2.05, 4.69) is 15.3 Å². The first-order valence-corrected chi connectivity index (χ1v) is 9.64. The van der Waals surface area contributed by atoms with Gasteiger partial charge in [0, 0.05) is 37.9 Å². The largest absolute Gasteiger partial charge is 0.352 e. The predicted octanol–water partition coefficient (Wildman–Crippen LogP) is 2.90. The predicted molar refractivity (Wildman–Crippen MR) is 114 cm³/mol. The number of rotatable bonds is 3. The van der Waals surface area contributed by atoms with E-state index in [9.17, 15) is 9.59 Å². The molecule has 7 nitrogen and oxygen atoms in total. The fourth-order valence-electron chi connectivity index (χ4n) is 3.37. The van der Waals surface area contributed by atoms with E-state index in [0.717, 1.165) is 22.8 Å². The van der Waals surface area contributed by atoms with E-state index >= 15 is 0 Å². The van der Waals surface area contributed by atoms with E-state index in [1.165, 1.54) is 10.7 Å². The van der Waals surface area contributed by atoms with Gasteiger partial charge >= 0.3 is 6.03 Å². The Morgan fingerprint density at radius 3 is 2.31 bits per heavy atom. The summed E-state index contributed by atoms with van der Waals surface area (Å²) in [4.78, 5) is 28.7. The second-order valence-electron chi connectivity index (χ2n) is 7.00. The number of carbonyl (C=O) groups is 1. The summed E-state index contributed by atoms with van der Waals surface area (Å²) < 4.78 is 1.41. The number of nitrogens with zero attached hydrogens (tertiary/aromatic N) is 4. The van der Waals surface area contributed by atoms with Gasteiger partial charge in [-0.05, 0) is 36.8 Å². The molecule has 1 aliphatic rings. The summed E-state index contributed by atoms with van der Waals surface area (Å²) in [5.41, 5.74) is 2.43. The topological polar surface area (TPSA) is 70.5 Å². The van der Waals surface area contributed by atoms with E-state index in [1.54, 1.807) is 11.0 Å². The van der Waals surface area contributed by atoms with Crippen LogP contribution in [-0.2, 0) is 0 Å². The minimum Gasteiger partial charge on any atom is -0.352 e. The van der Waals surface area contributed by atoms with Crippen molar-refractivity contribution in [3.8, 4) is 5.69 Å². The number of piperazine rings is 1. The van der Waals surface area contributed by atoms with Crippen LogP contribution >= 0.6 is 0 Å². The van der Waals surface area contributed by atoms with Crippen molar-refractivity contribution in [2.75, 3.05) is 36.4 Å². The van der Waals surface area contributed by atoms with Gasteiger partial charge in [-0.25, -0.2) is 4.79 Å². The number of nitrogens with one attached hydrogen (secondary N) is 1. The van der Waals surface area contributed by atoms with E-state index in [0.29, 0.717) is 26.2 Å². The van der Waals surface area contributed by atoms with Gasteiger partial charge in [0.25, 0.3) is 5.56 Å². The molecule has 0 unspecified atom stereocenters. The highest BCUT2D eigenvalue weighted by atomic mass is 16.2. The molecule has 0 aliphatic carbocycles. The van der Waals surface area contributed by atoms with Crippen molar-refractivity contribution >= 4 is 17.5 Å². The minimum atomic E-state index is -0.170. The van der Waals surface area contributed by atoms with Gasteiger partial charge in [0.2, 0.25) is 0 Å². The molecule has 1 N–H and O–H groups in total. The highest BCUT2D eigenvalue weighted by Crippen LogP contribution is 2.16. The average molecular weight is 389 g/mol. The average Bonchev–Trinajstić information content (AvgIpc) is 2.76. The maximum atomic E-state index is 12.6. The van der Waals surface area contributed by atoms with Gasteiger partial charge < -0.3 is 15.1 Å². The van der Waals surface area contributed by atoms with Crippen LogP contribution in [-0.4, -0.2) is 46.9 Å². The third kappa shape index (κ3) is 4.13. The summed E-state index contributed by atoms with van der Waals surface area (Å²) in [5, 5.41) is 7.51. The third-order valence-electron chi connectivity index (χ3n) is 5.06. The molecule has 0 saturated carbocycles. The van der Waals surface area contributed by atoms with Crippen molar-refractivity contribution in [1.29, 1.82) is 0 Å². The van der Waals surface area contributed by atoms with Crippen molar-refractivity contribution in [2.24, 2.45) is 0 Å². The van der Waals surface area contributed by atoms with E-state index < -0.39 is 0 Å². The maximum absolute atomic E-state index is 12.6. The van der Waals surface area contributed by atoms with Crippen LogP contribution in [0.2, 0.25) is 0 Å². The maximum Gasteiger partial charge on any atom is 0.321 e. The van der Waals surface area contributed by atoms with Crippen LogP contribution in [0.4, 0.5) is 16.3 Å². The summed E-state index contributed by atoms with van der Waals surface area (Å²) in [6.45, 7) is 4.46. The number of anilines is 2. The lowest BCUT2D eigenvalue weighted by Gasteiger charge is -2.35. The number of carbonyl (C=O) groups excluding carboxylic acids is 1. The van der Waals surface area contributed by atoms with Gasteiger partial charge in [0.1, 0.15) is 5.82 Å². The van der Waals surface area contributed by atoms with Crippen molar-refractivity contribution in [1.82, 2.24) is 14.7 Å². The van der Waals surface area contributed by atoms with Crippen LogP contribution in [0, 0.1) is 6.92 Å². The summed E-state index contributed by atoms with van der Waals surface area (Å²) in [6.07, 6.45) is 0. The number of amides is 2. The molecule has 1 saturated heterocycles. The first kappa shape index (κ1) is 18.7. The van der Waals surface area contributed by atoms with Gasteiger partial charge in [-0.1, -0.05) is 36.4 Å². The zero-order chi connectivity index (χ0) is 20.2. The van der Waals surface area contributed by atoms with Crippen LogP contribution in [0.5, 0.6) is 0 Å². The van der Waals surface area contributed by atoms with Crippen molar-refractivity contribution < 1.29 is 4.79 Å². The van der Waals surface area contributed by atoms with E-state index in [-0.39, 0.29) is 11.6 Å². The monoisotopic (exact) mass is 389 g/mol. The molecule has 3 aromatic rings. The number of aromatic nitrogens is 2. The zero-order valence-corrected chi connectivity index (χ0v) is 16.3. The second kappa shape index (κ2) is 8.18. The number of para-hydroxylation sites is 2. The number of aryl methyl sites for hydroxylation is 1. The van der Waals surface area contributed by atoms with Crippen LogP contribution in [0.25, 0.3) is 5.69 Å². The number of benzene rings is 2. The standard InChI is InChI=1S/C22H23N5O2/c1-17-7-5-6-10-19(17)23-22(29)26-15-13-25(14-16-26)20-11-12-21(28)27(24-20)18-8-3-2-4-9-18/h2-12H,13-16H2,1H3,(H,23,29). The molecule has 148 valence electrons. The van der Waals surface area contributed by atoms with Crippen LogP contribution in [0.3, 0.4) is 0 Å². The molecule has 0 radical (unpaired) electrons. The number of urea groups is 1. The van der Waals surface area contributed by atoms with Gasteiger partial charge in [0.05, 0.1) is 5.69 Å². The SMILES string of the molecule is Cc1ccccc1NC(=O)N1CCN(c2ccc(=O)n(-c3ccccc3)n2)CC1. The molecular weight excluding hydrogens is 366 g/mol. The highest BCUT2D eigenvalue weighted by molar-refractivity contribution is 5.90. The Balaban J connectivity index is 1.43. The zero-order valence-electron chi connectivity index (χ0n) is 16.3. The quantitative estimate of drug-likeness (QED) is 0.748. The number of hydrogen-bond donors (Lipinski definition) is 1. The molecular formula is C22H23N5O2. The fourth-order valence-corrected chi connectivity index (χ4v) is 3.37. The summed E-state index contributed by atoms with van der Waals surface area (Å²) in [5.74, 6) is 0.729. The molecule has 0 spiro atoms. The number of hydrogen-bond acceptors (Lipinski definition) is 4. The molecule has 0 atom stereocenters. The van der Waals surface area contributed by atoms with Crippen LogP contribution in [0.1, 0.15) is 5.56 Å². The third-order valence-corrected chi connectivity index (χ3v) is 5.06. The Labute approximate surface area is 169 Å². The summed E-state index contributed by atoms with van der Waals surface area (Å²) in [6, 6.07) is 20.3. The fraction of sp³-hybridized carbons (Fsp3) is 0.227. The molecule has 2 heterocycles. The normalized spacial score (nSPS) is 14.0. The van der Waals surface area contributed by atoms with E-state index in [1.807, 2.05) is 61.5 Å². The summed E-state index contributed by atoms with van der Waals surface area (Å²) in [7, 11) is 0. The van der Waals surface area contributed by atoms with Crippen molar-refractivity contribution in [3.05, 3.63) is 82.6 Å². The van der Waals surface area contributed by atoms with Gasteiger partial charge in [-0.3, -0.25) is 4.79 Å². The van der Waals surface area contributed by atoms with Gasteiger partial charge in [0.15, 0.2) is 0 Å². The molecule has 4 rings (SSSR count). The van der Waals surface area contributed by atoms with Crippen LogP contribution in [0.15, 0.2) is 71.5 Å². The van der Waals surface area contributed by atoms with Crippen molar-refractivity contribution in [3.63, 3.8) is 0 Å². The molecule has 1 fully saturated rings. The Bertz CT molecular complexity index is 1060. The lowest BCUT2D eigenvalue weighted by molar-refractivity contribution is 0.208. The first-order chi connectivity index (χ1) is 14.1. The van der Waals surface area contributed by atoms with Gasteiger partial charge in [-0.2, -0.15) is 4.68 Å². The van der Waals surface area contributed by atoms with Gasteiger partial charge in [-0.15, -0.1) is 5.10 Å². The molecule has 7 heteroatoms. The first-order valence-electron chi connectivity index (χ1n) is 9.64. The minimum absolute atomic E-state index is 0.0961. The summed E-state index contributed by atoms with van der Waals surface area (Å²) >= 11 is 0. The highest BCUT2D eigenvalue weighted by Gasteiger charge is 2.22. The van der Waals surface area contributed by atoms with Crippen molar-refractivity contribution in [2.45, 2.75) is 6.92 Å². The molecule has 1 aliphatic heterocycles. The lowest BCUT2D eigenvalue weighted by Crippen LogP contribution is -2.50. The molecule has 2 amide bonds. The molecule has 2 aromatic carbocycles. The lowest BCUT2D eigenvalue weighted by atomic mass is 10.2. The Kier molecular flexibility index (Phi) is 5.29. The smallest absolute Gasteiger partial charge is 0.321 e.